The molecule has 0 heterocycles. The van der Waals surface area contributed by atoms with Gasteiger partial charge in [-0.2, -0.15) is 0 Å². The van der Waals surface area contributed by atoms with Gasteiger partial charge in [-0.1, -0.05) is 6.07 Å². The van der Waals surface area contributed by atoms with Crippen LogP contribution in [0.3, 0.4) is 0 Å². The van der Waals surface area contributed by atoms with E-state index in [0.29, 0.717) is 24.3 Å². The molecule has 1 aliphatic carbocycles. The van der Waals surface area contributed by atoms with Crippen LogP contribution < -0.4 is 15.4 Å². The van der Waals surface area contributed by atoms with Crippen molar-refractivity contribution in [3.63, 3.8) is 0 Å². The summed E-state index contributed by atoms with van der Waals surface area (Å²) in [6.07, 6.45) is 4.61. The average Bonchev–Trinajstić information content (AvgIpc) is 3.49. The van der Waals surface area contributed by atoms with Crippen LogP contribution in [0.25, 0.3) is 0 Å². The Morgan fingerprint density at radius 1 is 1.28 bits per heavy atom. The molecule has 2 rings (SSSR count). The summed E-state index contributed by atoms with van der Waals surface area (Å²) in [5.41, 5.74) is 0.873. The molecule has 0 bridgehead atoms. The van der Waals surface area contributed by atoms with E-state index in [1.54, 1.807) is 19.2 Å². The Bertz CT molecular complexity index is 637. The quantitative estimate of drug-likeness (QED) is 0.194. The Kier molecular flexibility index (Phi) is 11.9. The maximum atomic E-state index is 14.3. The topological polar surface area (TPSA) is 48.9 Å². The highest BCUT2D eigenvalue weighted by Crippen LogP contribution is 2.30. The second-order valence-electron chi connectivity index (χ2n) is 8.09. The van der Waals surface area contributed by atoms with E-state index in [1.807, 2.05) is 13.0 Å². The molecule has 1 aromatic carbocycles. The zero-order chi connectivity index (χ0) is 20.5. The van der Waals surface area contributed by atoms with E-state index in [0.717, 1.165) is 37.5 Å². The van der Waals surface area contributed by atoms with Crippen molar-refractivity contribution >= 4 is 29.9 Å². The van der Waals surface area contributed by atoms with Gasteiger partial charge in [0.15, 0.2) is 17.5 Å². The second kappa shape index (κ2) is 13.3. The summed E-state index contributed by atoms with van der Waals surface area (Å²) < 4.78 is 19.9. The lowest BCUT2D eigenvalue weighted by Gasteiger charge is -2.21. The highest BCUT2D eigenvalue weighted by atomic mass is 127. The molecule has 0 radical (unpaired) electrons. The molecular formula is C22H38FIN4O. The van der Waals surface area contributed by atoms with Gasteiger partial charge in [0, 0.05) is 19.6 Å². The van der Waals surface area contributed by atoms with E-state index in [9.17, 15) is 4.39 Å². The Labute approximate surface area is 192 Å². The van der Waals surface area contributed by atoms with Crippen molar-refractivity contribution in [3.05, 3.63) is 29.6 Å². The van der Waals surface area contributed by atoms with E-state index in [-0.39, 0.29) is 35.8 Å². The van der Waals surface area contributed by atoms with Crippen LogP contribution in [-0.4, -0.2) is 50.7 Å². The molecule has 1 unspecified atom stereocenters. The van der Waals surface area contributed by atoms with Crippen molar-refractivity contribution in [1.82, 2.24) is 15.5 Å². The Morgan fingerprint density at radius 3 is 2.59 bits per heavy atom. The number of hydrogen-bond acceptors (Lipinski definition) is 3. The standard InChI is InChI=1S/C22H37FN4O.HI/c1-16(2)27(5)13-7-6-12-25-22(24-4)26-17(3)19-10-11-21(20(23)14-19)28-15-18-8-9-18;/h10-11,14,16-18H,6-9,12-13,15H2,1-5H3,(H2,24,25,26);1H. The van der Waals surface area contributed by atoms with Crippen LogP contribution in [0.1, 0.15) is 58.1 Å². The van der Waals surface area contributed by atoms with Crippen molar-refractivity contribution in [2.45, 2.75) is 58.5 Å². The summed E-state index contributed by atoms with van der Waals surface area (Å²) in [4.78, 5) is 6.62. The molecule has 0 amide bonds. The van der Waals surface area contributed by atoms with Gasteiger partial charge < -0.3 is 20.3 Å². The molecular weight excluding hydrogens is 482 g/mol. The first kappa shape index (κ1) is 25.9. The largest absolute Gasteiger partial charge is 0.490 e. The third-order valence-corrected chi connectivity index (χ3v) is 5.32. The molecule has 1 saturated carbocycles. The fraction of sp³-hybridized carbons (Fsp3) is 0.682. The molecule has 0 saturated heterocycles. The molecule has 7 heteroatoms. The van der Waals surface area contributed by atoms with Crippen LogP contribution in [0.4, 0.5) is 4.39 Å². The zero-order valence-electron chi connectivity index (χ0n) is 18.5. The summed E-state index contributed by atoms with van der Waals surface area (Å²) >= 11 is 0. The normalized spacial score (nSPS) is 15.2. The molecule has 29 heavy (non-hydrogen) atoms. The van der Waals surface area contributed by atoms with E-state index < -0.39 is 0 Å². The number of guanidine groups is 1. The lowest BCUT2D eigenvalue weighted by atomic mass is 10.1. The van der Waals surface area contributed by atoms with Gasteiger partial charge in [0.2, 0.25) is 0 Å². The summed E-state index contributed by atoms with van der Waals surface area (Å²) in [6, 6.07) is 5.72. The highest BCUT2D eigenvalue weighted by molar-refractivity contribution is 14.0. The summed E-state index contributed by atoms with van der Waals surface area (Å²) in [5, 5.41) is 6.67. The van der Waals surface area contributed by atoms with Gasteiger partial charge in [-0.3, -0.25) is 4.99 Å². The summed E-state index contributed by atoms with van der Waals surface area (Å²) in [5.74, 6) is 1.39. The van der Waals surface area contributed by atoms with Gasteiger partial charge in [-0.15, -0.1) is 24.0 Å². The van der Waals surface area contributed by atoms with Crippen molar-refractivity contribution < 1.29 is 9.13 Å². The zero-order valence-corrected chi connectivity index (χ0v) is 20.8. The van der Waals surface area contributed by atoms with Gasteiger partial charge in [0.1, 0.15) is 0 Å². The number of unbranched alkanes of at least 4 members (excludes halogenated alkanes) is 1. The van der Waals surface area contributed by atoms with E-state index in [1.165, 1.54) is 12.8 Å². The monoisotopic (exact) mass is 520 g/mol. The number of rotatable bonds is 11. The fourth-order valence-corrected chi connectivity index (χ4v) is 2.83. The molecule has 1 aromatic rings. The number of nitrogens with one attached hydrogen (secondary N) is 2. The first-order valence-corrected chi connectivity index (χ1v) is 10.5. The molecule has 0 spiro atoms. The van der Waals surface area contributed by atoms with E-state index in [2.05, 4.69) is 41.4 Å². The maximum Gasteiger partial charge on any atom is 0.191 e. The smallest absolute Gasteiger partial charge is 0.191 e. The number of aliphatic imine (C=N–C) groups is 1. The van der Waals surface area contributed by atoms with Crippen LogP contribution in [0.5, 0.6) is 5.75 Å². The highest BCUT2D eigenvalue weighted by Gasteiger charge is 2.22. The third-order valence-electron chi connectivity index (χ3n) is 5.32. The number of ether oxygens (including phenoxy) is 1. The van der Waals surface area contributed by atoms with Crippen LogP contribution in [-0.2, 0) is 0 Å². The minimum Gasteiger partial charge on any atom is -0.490 e. The summed E-state index contributed by atoms with van der Waals surface area (Å²) in [6.45, 7) is 8.99. The predicted octanol–water partition coefficient (Wildman–Crippen LogP) is 4.58. The molecule has 1 atom stereocenters. The van der Waals surface area contributed by atoms with Gasteiger partial charge >= 0.3 is 0 Å². The van der Waals surface area contributed by atoms with Crippen molar-refractivity contribution in [1.29, 1.82) is 0 Å². The Morgan fingerprint density at radius 2 is 2.00 bits per heavy atom. The van der Waals surface area contributed by atoms with Gasteiger partial charge in [0.25, 0.3) is 0 Å². The first-order chi connectivity index (χ1) is 13.4. The fourth-order valence-electron chi connectivity index (χ4n) is 2.83. The Balaban J connectivity index is 0.00000420. The van der Waals surface area contributed by atoms with Gasteiger partial charge in [-0.05, 0) is 83.7 Å². The molecule has 1 fully saturated rings. The molecule has 5 nitrogen and oxygen atoms in total. The molecule has 2 N–H and O–H groups in total. The first-order valence-electron chi connectivity index (χ1n) is 10.5. The number of nitrogens with zero attached hydrogens (tertiary/aromatic N) is 2. The van der Waals surface area contributed by atoms with E-state index in [4.69, 9.17) is 4.74 Å². The van der Waals surface area contributed by atoms with Crippen LogP contribution in [0.2, 0.25) is 0 Å². The van der Waals surface area contributed by atoms with Crippen molar-refractivity contribution in [2.24, 2.45) is 10.9 Å². The molecule has 1 aliphatic rings. The molecule has 0 aliphatic heterocycles. The number of hydrogen-bond donors (Lipinski definition) is 2. The Hall–Kier alpha value is -1.09. The van der Waals surface area contributed by atoms with Crippen LogP contribution in [0.15, 0.2) is 23.2 Å². The lowest BCUT2D eigenvalue weighted by Crippen LogP contribution is -2.39. The lowest BCUT2D eigenvalue weighted by molar-refractivity contribution is 0.268. The van der Waals surface area contributed by atoms with Crippen molar-refractivity contribution in [2.75, 3.05) is 33.8 Å². The molecule has 166 valence electrons. The second-order valence-corrected chi connectivity index (χ2v) is 8.09. The number of halogens is 2. The van der Waals surface area contributed by atoms with Crippen LogP contribution in [0, 0.1) is 11.7 Å². The maximum absolute atomic E-state index is 14.3. The minimum atomic E-state index is -0.302. The molecule has 0 aromatic heterocycles. The summed E-state index contributed by atoms with van der Waals surface area (Å²) in [7, 11) is 3.91. The van der Waals surface area contributed by atoms with Crippen LogP contribution >= 0.6 is 24.0 Å². The average molecular weight is 520 g/mol. The predicted molar refractivity (Wildman–Crippen MR) is 130 cm³/mol. The van der Waals surface area contributed by atoms with Crippen molar-refractivity contribution in [3.8, 4) is 5.75 Å². The minimum absolute atomic E-state index is 0. The third kappa shape index (κ3) is 9.51. The van der Waals surface area contributed by atoms with Gasteiger partial charge in [0.05, 0.1) is 12.6 Å². The number of benzene rings is 1. The van der Waals surface area contributed by atoms with Gasteiger partial charge in [-0.25, -0.2) is 4.39 Å². The van der Waals surface area contributed by atoms with E-state index >= 15 is 0 Å². The SMILES string of the molecule is CN=C(NCCCCN(C)C(C)C)NC(C)c1ccc(OCC2CC2)c(F)c1.I.